The first kappa shape index (κ1) is 16.2. The maximum Gasteiger partial charge on any atom is 0.278 e. The lowest BCUT2D eigenvalue weighted by atomic mass is 10.2. The first-order chi connectivity index (χ1) is 10.6. The predicted octanol–water partition coefficient (Wildman–Crippen LogP) is -0.891. The molecule has 1 aliphatic rings. The Balaban J connectivity index is 2.17. The third kappa shape index (κ3) is 3.53. The van der Waals surface area contributed by atoms with Crippen molar-refractivity contribution in [2.45, 2.75) is 24.9 Å². The van der Waals surface area contributed by atoms with Crippen LogP contribution >= 0.6 is 0 Å². The number of aromatic amines is 1. The first-order valence-electron chi connectivity index (χ1n) is 6.62. The summed E-state index contributed by atoms with van der Waals surface area (Å²) in [7, 11) is 3.16. The third-order valence-electron chi connectivity index (χ3n) is 3.27. The van der Waals surface area contributed by atoms with E-state index < -0.39 is 11.8 Å². The molecule has 3 atom stereocenters. The Morgan fingerprint density at radius 3 is 2.95 bits per heavy atom. The van der Waals surface area contributed by atoms with E-state index in [1.165, 1.54) is 0 Å². The Labute approximate surface area is 126 Å². The van der Waals surface area contributed by atoms with E-state index in [0.717, 1.165) is 0 Å². The zero-order valence-electron chi connectivity index (χ0n) is 12.3. The van der Waals surface area contributed by atoms with Gasteiger partial charge < -0.3 is 30.6 Å². The second-order valence-corrected chi connectivity index (χ2v) is 4.71. The molecular weight excluding hydrogens is 294 g/mol. The number of nitrogens with two attached hydrogens (primary N) is 1. The maximum absolute atomic E-state index is 11.8. The van der Waals surface area contributed by atoms with E-state index in [-0.39, 0.29) is 29.7 Å². The van der Waals surface area contributed by atoms with Crippen molar-refractivity contribution in [3.05, 3.63) is 10.4 Å². The second kappa shape index (κ2) is 7.20. The first-order valence-corrected chi connectivity index (χ1v) is 6.62. The molecule has 1 unspecified atom stereocenters. The zero-order valence-corrected chi connectivity index (χ0v) is 12.3. The Kier molecular flexibility index (Phi) is 5.31. The van der Waals surface area contributed by atoms with Crippen molar-refractivity contribution < 1.29 is 19.0 Å². The number of hydrogen-bond acceptors (Lipinski definition) is 8. The molecule has 1 aromatic heterocycles. The summed E-state index contributed by atoms with van der Waals surface area (Å²) < 4.78 is 16.2. The van der Waals surface area contributed by atoms with E-state index in [1.54, 1.807) is 14.2 Å². The van der Waals surface area contributed by atoms with Gasteiger partial charge in [0.25, 0.3) is 5.56 Å². The molecule has 2 rings (SSSR count). The lowest BCUT2D eigenvalue weighted by Crippen LogP contribution is -2.28. The SMILES string of the molecule is COC[C@H]1OC(Nc2nc(N)[nH]c(=O)c2NC=O)C[C@H]1OC. The molecule has 5 N–H and O–H groups in total. The van der Waals surface area contributed by atoms with Crippen LogP contribution in [0.4, 0.5) is 17.5 Å². The van der Waals surface area contributed by atoms with Gasteiger partial charge in [-0.3, -0.25) is 14.6 Å². The molecule has 1 fully saturated rings. The zero-order chi connectivity index (χ0) is 16.1. The number of H-pyrrole nitrogens is 1. The lowest BCUT2D eigenvalue weighted by molar-refractivity contribution is -0.105. The van der Waals surface area contributed by atoms with Crippen LogP contribution in [0.5, 0.6) is 0 Å². The molecule has 10 heteroatoms. The number of amides is 1. The van der Waals surface area contributed by atoms with Crippen LogP contribution in [-0.4, -0.2) is 55.6 Å². The monoisotopic (exact) mass is 313 g/mol. The van der Waals surface area contributed by atoms with Crippen LogP contribution in [0.1, 0.15) is 6.42 Å². The highest BCUT2D eigenvalue weighted by Crippen LogP contribution is 2.25. The summed E-state index contributed by atoms with van der Waals surface area (Å²) in [6, 6.07) is 0. The van der Waals surface area contributed by atoms with Gasteiger partial charge in [-0.05, 0) is 0 Å². The van der Waals surface area contributed by atoms with Gasteiger partial charge in [-0.2, -0.15) is 4.98 Å². The fourth-order valence-corrected chi connectivity index (χ4v) is 2.31. The summed E-state index contributed by atoms with van der Waals surface area (Å²) in [6.07, 6.45) is 0.0634. The number of nitrogen functional groups attached to an aromatic ring is 1. The Bertz CT molecular complexity index is 578. The number of carbonyl (C=O) groups excluding carboxylic acids is 1. The number of rotatable bonds is 7. The van der Waals surface area contributed by atoms with Crippen LogP contribution in [0.15, 0.2) is 4.79 Å². The smallest absolute Gasteiger partial charge is 0.278 e. The molecule has 1 aromatic rings. The average Bonchev–Trinajstić information content (AvgIpc) is 2.85. The van der Waals surface area contributed by atoms with Gasteiger partial charge in [0.05, 0.1) is 12.7 Å². The van der Waals surface area contributed by atoms with Gasteiger partial charge >= 0.3 is 0 Å². The summed E-state index contributed by atoms with van der Waals surface area (Å²) in [4.78, 5) is 28.7. The van der Waals surface area contributed by atoms with E-state index in [4.69, 9.17) is 19.9 Å². The molecule has 2 heterocycles. The minimum absolute atomic E-state index is 0.0306. The number of anilines is 3. The van der Waals surface area contributed by atoms with E-state index >= 15 is 0 Å². The van der Waals surface area contributed by atoms with E-state index in [2.05, 4.69) is 20.6 Å². The van der Waals surface area contributed by atoms with Gasteiger partial charge in [0.2, 0.25) is 12.4 Å². The predicted molar refractivity (Wildman–Crippen MR) is 78.5 cm³/mol. The van der Waals surface area contributed by atoms with Gasteiger partial charge in [0, 0.05) is 20.6 Å². The highest BCUT2D eigenvalue weighted by Gasteiger charge is 2.36. The third-order valence-corrected chi connectivity index (χ3v) is 3.27. The molecule has 122 valence electrons. The van der Waals surface area contributed by atoms with Crippen molar-refractivity contribution >= 4 is 23.9 Å². The van der Waals surface area contributed by atoms with Gasteiger partial charge in [0.15, 0.2) is 5.82 Å². The molecule has 10 nitrogen and oxygen atoms in total. The van der Waals surface area contributed by atoms with Gasteiger partial charge in [-0.15, -0.1) is 0 Å². The summed E-state index contributed by atoms with van der Waals surface area (Å²) in [5.74, 6) is 0.0601. The topological polar surface area (TPSA) is 141 Å². The molecule has 0 spiro atoms. The lowest BCUT2D eigenvalue weighted by Gasteiger charge is -2.17. The molecule has 0 aromatic carbocycles. The average molecular weight is 313 g/mol. The molecular formula is C12H19N5O5. The quantitative estimate of drug-likeness (QED) is 0.475. The molecule has 1 saturated heterocycles. The van der Waals surface area contributed by atoms with Crippen molar-refractivity contribution in [3.8, 4) is 0 Å². The highest BCUT2D eigenvalue weighted by molar-refractivity contribution is 5.78. The standard InChI is InChI=1S/C12H19N5O5/c1-20-4-7-6(21-2)3-8(22-7)15-10-9(14-5-18)11(19)17-12(13)16-10/h5-8H,3-4H2,1-2H3,(H,14,18)(H4,13,15,16,17,19)/t6-,7-,8?/m1/s1. The van der Waals surface area contributed by atoms with Crippen molar-refractivity contribution in [3.63, 3.8) is 0 Å². The van der Waals surface area contributed by atoms with Gasteiger partial charge in [0.1, 0.15) is 18.0 Å². The van der Waals surface area contributed by atoms with Gasteiger partial charge in [-0.25, -0.2) is 0 Å². The van der Waals surface area contributed by atoms with Crippen LogP contribution in [0, 0.1) is 0 Å². The Morgan fingerprint density at radius 1 is 1.55 bits per heavy atom. The molecule has 0 saturated carbocycles. The number of nitrogens with one attached hydrogen (secondary N) is 3. The maximum atomic E-state index is 11.8. The minimum atomic E-state index is -0.558. The Hall–Kier alpha value is -2.17. The summed E-state index contributed by atoms with van der Waals surface area (Å²) in [5, 5.41) is 5.23. The van der Waals surface area contributed by atoms with Crippen LogP contribution < -0.4 is 21.9 Å². The normalized spacial score (nSPS) is 24.2. The van der Waals surface area contributed by atoms with Gasteiger partial charge in [-0.1, -0.05) is 0 Å². The highest BCUT2D eigenvalue weighted by atomic mass is 16.6. The largest absolute Gasteiger partial charge is 0.382 e. The molecule has 1 amide bonds. The second-order valence-electron chi connectivity index (χ2n) is 4.71. The summed E-state index contributed by atoms with van der Waals surface area (Å²) in [6.45, 7) is 0.376. The fourth-order valence-electron chi connectivity index (χ4n) is 2.31. The summed E-state index contributed by atoms with van der Waals surface area (Å²) >= 11 is 0. The fraction of sp³-hybridized carbons (Fsp3) is 0.583. The van der Waals surface area contributed by atoms with Crippen LogP contribution in [0.3, 0.4) is 0 Å². The number of ether oxygens (including phenoxy) is 3. The molecule has 0 aliphatic carbocycles. The van der Waals surface area contributed by atoms with E-state index in [9.17, 15) is 9.59 Å². The minimum Gasteiger partial charge on any atom is -0.382 e. The van der Waals surface area contributed by atoms with Crippen LogP contribution in [0.25, 0.3) is 0 Å². The van der Waals surface area contributed by atoms with Crippen LogP contribution in [0.2, 0.25) is 0 Å². The molecule has 0 bridgehead atoms. The Morgan fingerprint density at radius 2 is 2.32 bits per heavy atom. The number of hydrogen-bond donors (Lipinski definition) is 4. The number of methoxy groups -OCH3 is 2. The van der Waals surface area contributed by atoms with Crippen LogP contribution in [-0.2, 0) is 19.0 Å². The molecule has 22 heavy (non-hydrogen) atoms. The van der Waals surface area contributed by atoms with Crippen molar-refractivity contribution in [1.82, 2.24) is 9.97 Å². The number of carbonyl (C=O) groups is 1. The molecule has 1 aliphatic heterocycles. The van der Waals surface area contributed by atoms with Crippen molar-refractivity contribution in [2.75, 3.05) is 37.2 Å². The van der Waals surface area contributed by atoms with E-state index in [0.29, 0.717) is 19.4 Å². The number of nitrogens with zero attached hydrogens (tertiary/aromatic N) is 1. The number of aromatic nitrogens is 2. The van der Waals surface area contributed by atoms with E-state index in [1.807, 2.05) is 0 Å². The van der Waals surface area contributed by atoms with Crippen molar-refractivity contribution in [2.24, 2.45) is 0 Å². The molecule has 0 radical (unpaired) electrons. The van der Waals surface area contributed by atoms with Crippen molar-refractivity contribution in [1.29, 1.82) is 0 Å². The summed E-state index contributed by atoms with van der Waals surface area (Å²) in [5.41, 5.74) is 4.93.